The van der Waals surface area contributed by atoms with Gasteiger partial charge in [0.1, 0.15) is 13.2 Å². The highest BCUT2D eigenvalue weighted by atomic mass is 19.5. The van der Waals surface area contributed by atoms with E-state index >= 15 is 0 Å². The summed E-state index contributed by atoms with van der Waals surface area (Å²) in [5, 5.41) is 0. The molecule has 65 heavy (non-hydrogen) atoms. The zero-order valence-corrected chi connectivity index (χ0v) is 27.7. The standard InChI is InChI=1S/C22H4F42O/c23-3(24,5(27,28)7(31,32)9(35,36)11(39,40)13(43,44)15(47,48)17(51,52)19(55,56)21(59,60)61)1-65-2-4(25,26)6(29,30)8(33,34)10(37,38)12(41,42)14(45,46)16(49,50)18(53,54)20(57,58)22(62,63)64/h1-2H2. The van der Waals surface area contributed by atoms with Gasteiger partial charge in [-0.1, -0.05) is 0 Å². The highest BCUT2D eigenvalue weighted by Crippen LogP contribution is 2.68. The van der Waals surface area contributed by atoms with Crippen LogP contribution in [-0.2, 0) is 4.74 Å². The molecule has 0 fully saturated rings. The van der Waals surface area contributed by atoms with E-state index < -0.39 is 132 Å². The van der Waals surface area contributed by atoms with E-state index in [1.807, 2.05) is 0 Å². The Hall–Kier alpha value is -2.98. The van der Waals surface area contributed by atoms with Crippen molar-refractivity contribution in [1.82, 2.24) is 0 Å². The smallest absolute Gasteiger partial charge is 0.368 e. The first-order chi connectivity index (χ1) is 27.2. The summed E-state index contributed by atoms with van der Waals surface area (Å²) in [6.07, 6.45) is -16.8. The molecule has 0 aliphatic carbocycles. The molecule has 0 aromatic carbocycles. The van der Waals surface area contributed by atoms with Gasteiger partial charge in [-0.15, -0.1) is 0 Å². The fraction of sp³-hybridized carbons (Fsp3) is 1.00. The molecule has 1 nitrogen and oxygen atoms in total. The Balaban J connectivity index is 7.14. The van der Waals surface area contributed by atoms with Crippen LogP contribution in [0.25, 0.3) is 0 Å². The Morgan fingerprint density at radius 1 is 0.154 bits per heavy atom. The Labute approximate surface area is 322 Å². The van der Waals surface area contributed by atoms with Crippen molar-refractivity contribution in [2.75, 3.05) is 13.2 Å². The number of ether oxygens (including phenoxy) is 1. The van der Waals surface area contributed by atoms with Gasteiger partial charge in [0.2, 0.25) is 0 Å². The molecule has 0 aliphatic heterocycles. The molecule has 0 radical (unpaired) electrons. The summed E-state index contributed by atoms with van der Waals surface area (Å²) < 4.78 is 563. The van der Waals surface area contributed by atoms with Crippen LogP contribution in [-0.4, -0.2) is 132 Å². The lowest BCUT2D eigenvalue weighted by molar-refractivity contribution is -0.476. The number of alkyl halides is 42. The van der Waals surface area contributed by atoms with Crippen molar-refractivity contribution in [3.8, 4) is 0 Å². The molecule has 43 heteroatoms. The molecular weight excluding hydrogens is 1080 g/mol. The first-order valence-electron chi connectivity index (χ1n) is 13.7. The van der Waals surface area contributed by atoms with Gasteiger partial charge >= 0.3 is 119 Å². The molecule has 0 heterocycles. The van der Waals surface area contributed by atoms with Gasteiger partial charge in [0.15, 0.2) is 0 Å². The molecule has 392 valence electrons. The van der Waals surface area contributed by atoms with E-state index in [1.165, 1.54) is 0 Å². The van der Waals surface area contributed by atoms with Crippen LogP contribution in [0.2, 0.25) is 0 Å². The normalized spacial score (nSPS) is 17.3. The van der Waals surface area contributed by atoms with Crippen molar-refractivity contribution in [2.24, 2.45) is 0 Å². The van der Waals surface area contributed by atoms with E-state index in [0.717, 1.165) is 0 Å². The van der Waals surface area contributed by atoms with Crippen molar-refractivity contribution in [1.29, 1.82) is 0 Å². The lowest BCUT2D eigenvalue weighted by atomic mass is 9.86. The lowest BCUT2D eigenvalue weighted by Crippen LogP contribution is -2.77. The van der Waals surface area contributed by atoms with E-state index in [0.29, 0.717) is 0 Å². The molecule has 0 unspecified atom stereocenters. The minimum absolute atomic E-state index is 2.09. The molecule has 0 rings (SSSR count). The SMILES string of the molecule is FC(F)(F)C(F)(F)C(F)(F)C(F)(F)C(F)(F)C(F)(F)C(F)(F)C(F)(F)C(F)(F)C(F)(F)COCC(F)(F)C(F)(F)C(F)(F)C(F)(F)C(F)(F)C(F)(F)C(F)(F)C(F)(F)C(F)(F)C(F)(F)F. The summed E-state index contributed by atoms with van der Waals surface area (Å²) in [4.78, 5) is 0. The zero-order chi connectivity index (χ0) is 54.1. The van der Waals surface area contributed by atoms with Gasteiger partial charge in [0.05, 0.1) is 0 Å². The predicted octanol–water partition coefficient (Wildman–Crippen LogP) is 13.6. The van der Waals surface area contributed by atoms with E-state index in [1.54, 1.807) is 0 Å². The molecule has 0 aromatic rings. The quantitative estimate of drug-likeness (QED) is 0.110. The van der Waals surface area contributed by atoms with Crippen molar-refractivity contribution in [3.05, 3.63) is 0 Å². The van der Waals surface area contributed by atoms with E-state index in [2.05, 4.69) is 4.74 Å². The second kappa shape index (κ2) is 15.3. The van der Waals surface area contributed by atoms with Crippen LogP contribution in [0.5, 0.6) is 0 Å². The van der Waals surface area contributed by atoms with Crippen LogP contribution in [0.15, 0.2) is 0 Å². The number of halogens is 42. The van der Waals surface area contributed by atoms with Crippen LogP contribution >= 0.6 is 0 Å². The highest BCUT2D eigenvalue weighted by Gasteiger charge is 3.00. The summed E-state index contributed by atoms with van der Waals surface area (Å²) in [5.74, 6) is -169. The third-order valence-electron chi connectivity index (χ3n) is 7.72. The lowest BCUT2D eigenvalue weighted by Gasteiger charge is -2.44. The maximum atomic E-state index is 13.9. The second-order valence-electron chi connectivity index (χ2n) is 12.1. The third-order valence-corrected chi connectivity index (χ3v) is 7.72. The minimum Gasteiger partial charge on any atom is -0.368 e. The number of rotatable bonds is 20. The maximum absolute atomic E-state index is 13.9. The van der Waals surface area contributed by atoms with Crippen LogP contribution in [0, 0.1) is 0 Å². The van der Waals surface area contributed by atoms with Crippen molar-refractivity contribution < 1.29 is 189 Å². The molecule has 0 bridgehead atoms. The van der Waals surface area contributed by atoms with Gasteiger partial charge < -0.3 is 4.74 Å². The molecule has 0 saturated carbocycles. The topological polar surface area (TPSA) is 9.23 Å². The van der Waals surface area contributed by atoms with Crippen molar-refractivity contribution >= 4 is 0 Å². The van der Waals surface area contributed by atoms with Crippen molar-refractivity contribution in [3.63, 3.8) is 0 Å². The molecule has 0 saturated heterocycles. The fourth-order valence-electron chi connectivity index (χ4n) is 3.67. The first kappa shape index (κ1) is 62.0. The highest BCUT2D eigenvalue weighted by molar-refractivity contribution is 5.20. The summed E-state index contributed by atoms with van der Waals surface area (Å²) in [5.41, 5.74) is 0. The largest absolute Gasteiger partial charge is 0.460 e. The Kier molecular flexibility index (Phi) is 14.6. The van der Waals surface area contributed by atoms with Crippen LogP contribution in [0.4, 0.5) is 184 Å². The summed E-state index contributed by atoms with van der Waals surface area (Å²) in [6, 6.07) is 0. The fourth-order valence-corrected chi connectivity index (χ4v) is 3.67. The van der Waals surface area contributed by atoms with Crippen LogP contribution < -0.4 is 0 Å². The van der Waals surface area contributed by atoms with E-state index in [4.69, 9.17) is 0 Å². The maximum Gasteiger partial charge on any atom is 0.460 e. The molecular formula is C22H4F42O. The van der Waals surface area contributed by atoms with E-state index in [9.17, 15) is 184 Å². The number of hydrogen-bond acceptors (Lipinski definition) is 1. The first-order valence-corrected chi connectivity index (χ1v) is 13.7. The Morgan fingerprint density at radius 3 is 0.385 bits per heavy atom. The second-order valence-corrected chi connectivity index (χ2v) is 12.1. The van der Waals surface area contributed by atoms with Gasteiger partial charge in [-0.25, -0.2) is 0 Å². The molecule has 0 aromatic heterocycles. The summed E-state index contributed by atoms with van der Waals surface area (Å²) >= 11 is 0. The molecule has 0 amide bonds. The van der Waals surface area contributed by atoms with E-state index in [-0.39, 0.29) is 0 Å². The minimum atomic E-state index is -9.86. The van der Waals surface area contributed by atoms with Crippen LogP contribution in [0.1, 0.15) is 0 Å². The zero-order valence-electron chi connectivity index (χ0n) is 27.7. The van der Waals surface area contributed by atoms with Crippen molar-refractivity contribution in [2.45, 2.75) is 119 Å². The average Bonchev–Trinajstić information content (AvgIpc) is 3.05. The van der Waals surface area contributed by atoms with Gasteiger partial charge in [0, 0.05) is 0 Å². The monoisotopic (exact) mass is 1080 g/mol. The Bertz CT molecular complexity index is 1560. The molecule has 0 atom stereocenters. The Morgan fingerprint density at radius 2 is 0.262 bits per heavy atom. The molecule has 0 N–H and O–H groups in total. The van der Waals surface area contributed by atoms with Gasteiger partial charge in [-0.2, -0.15) is 184 Å². The predicted molar refractivity (Wildman–Crippen MR) is 112 cm³/mol. The van der Waals surface area contributed by atoms with Crippen LogP contribution in [0.3, 0.4) is 0 Å². The molecule has 0 spiro atoms. The van der Waals surface area contributed by atoms with Gasteiger partial charge in [-0.3, -0.25) is 0 Å². The average molecular weight is 1080 g/mol. The van der Waals surface area contributed by atoms with Gasteiger partial charge in [0.25, 0.3) is 0 Å². The third kappa shape index (κ3) is 7.62. The molecule has 0 aliphatic rings. The summed E-state index contributed by atoms with van der Waals surface area (Å²) in [6.45, 7) is -9.92. The van der Waals surface area contributed by atoms with Gasteiger partial charge in [-0.05, 0) is 0 Å². The summed E-state index contributed by atoms with van der Waals surface area (Å²) in [7, 11) is 0. The number of hydrogen-bond donors (Lipinski definition) is 0.